The van der Waals surface area contributed by atoms with E-state index in [1.807, 2.05) is 0 Å². The number of hydrogen-bond donors (Lipinski definition) is 0. The molecule has 0 spiro atoms. The minimum absolute atomic E-state index is 0. The molecule has 0 aliphatic carbocycles. The Morgan fingerprint density at radius 1 is 0.655 bits per heavy atom. The number of rotatable bonds is 19. The van der Waals surface area contributed by atoms with E-state index >= 15 is 0 Å². The summed E-state index contributed by atoms with van der Waals surface area (Å²) in [6.45, 7) is 4.71. The third kappa shape index (κ3) is 18.9. The number of unbranched alkanes of at least 4 members (excludes halogenated alkanes) is 13. The Morgan fingerprint density at radius 2 is 1.14 bits per heavy atom. The van der Waals surface area contributed by atoms with Crippen LogP contribution in [-0.2, 0) is 0 Å². The second kappa shape index (κ2) is 21.9. The summed E-state index contributed by atoms with van der Waals surface area (Å²) in [5, 5.41) is 0. The van der Waals surface area contributed by atoms with E-state index in [4.69, 9.17) is 0 Å². The molecule has 0 saturated carbocycles. The van der Waals surface area contributed by atoms with Crippen molar-refractivity contribution in [2.45, 2.75) is 103 Å². The first kappa shape index (κ1) is 28.2. The zero-order chi connectivity index (χ0) is 20.1. The summed E-state index contributed by atoms with van der Waals surface area (Å²) in [5.74, 6) is 0. The summed E-state index contributed by atoms with van der Waals surface area (Å²) < 4.78 is 0. The fraction of sp³-hybridized carbons (Fsp3) is 0.704. The van der Waals surface area contributed by atoms with E-state index in [0.29, 0.717) is 0 Å². The summed E-state index contributed by atoms with van der Waals surface area (Å²) in [6, 6.07) is 10.6. The summed E-state index contributed by atoms with van der Waals surface area (Å²) in [6.07, 6.45) is 25.8. The van der Waals surface area contributed by atoms with Gasteiger partial charge in [0.25, 0.3) is 0 Å². The Labute approximate surface area is 188 Å². The van der Waals surface area contributed by atoms with Gasteiger partial charge in [-0.15, -0.1) is 12.4 Å². The number of halogens is 1. The monoisotopic (exact) mass is 421 g/mol. The minimum Gasteiger partial charge on any atom is -0.306 e. The molecule has 0 saturated heterocycles. The highest BCUT2D eigenvalue weighted by Gasteiger charge is 1.98. The first-order valence-corrected chi connectivity index (χ1v) is 12.2. The van der Waals surface area contributed by atoms with Crippen LogP contribution in [0.25, 0.3) is 6.08 Å². The van der Waals surface area contributed by atoms with Gasteiger partial charge >= 0.3 is 0 Å². The zero-order valence-electron chi connectivity index (χ0n) is 19.4. The van der Waals surface area contributed by atoms with Gasteiger partial charge in [-0.2, -0.15) is 0 Å². The maximum Gasteiger partial charge on any atom is 0.00130 e. The fourth-order valence-electron chi connectivity index (χ4n) is 3.77. The van der Waals surface area contributed by atoms with Gasteiger partial charge in [-0.05, 0) is 32.0 Å². The summed E-state index contributed by atoms with van der Waals surface area (Å²) in [7, 11) is 2.26. The molecule has 1 nitrogen and oxygen atoms in total. The van der Waals surface area contributed by atoms with Crippen LogP contribution in [0.15, 0.2) is 36.4 Å². The quantitative estimate of drug-likeness (QED) is 0.201. The van der Waals surface area contributed by atoms with Gasteiger partial charge in [0.1, 0.15) is 0 Å². The standard InChI is InChI=1S/C27H47N.ClH/c1-3-4-5-6-7-8-9-10-11-12-13-14-15-20-25-28(2)26-21-19-24-27-22-17-16-18-23-27;/h16-19,22-24H,3-15,20-21,25-26H2,1-2H3;1H. The lowest BCUT2D eigenvalue weighted by Crippen LogP contribution is -2.20. The summed E-state index contributed by atoms with van der Waals surface area (Å²) in [5.41, 5.74) is 1.30. The Balaban J connectivity index is 0.00000784. The maximum atomic E-state index is 2.48. The van der Waals surface area contributed by atoms with Crippen molar-refractivity contribution in [3.63, 3.8) is 0 Å². The van der Waals surface area contributed by atoms with Crippen molar-refractivity contribution in [3.05, 3.63) is 42.0 Å². The molecule has 2 heteroatoms. The molecule has 0 aliphatic rings. The highest BCUT2D eigenvalue weighted by atomic mass is 35.5. The first-order valence-electron chi connectivity index (χ1n) is 12.2. The lowest BCUT2D eigenvalue weighted by Gasteiger charge is -2.15. The highest BCUT2D eigenvalue weighted by Crippen LogP contribution is 2.13. The van der Waals surface area contributed by atoms with Gasteiger partial charge in [0.05, 0.1) is 0 Å². The minimum atomic E-state index is 0. The second-order valence-electron chi connectivity index (χ2n) is 8.50. The van der Waals surface area contributed by atoms with E-state index in [1.54, 1.807) is 0 Å². The summed E-state index contributed by atoms with van der Waals surface area (Å²) >= 11 is 0. The van der Waals surface area contributed by atoms with Crippen molar-refractivity contribution in [3.8, 4) is 0 Å². The largest absolute Gasteiger partial charge is 0.306 e. The molecule has 0 amide bonds. The van der Waals surface area contributed by atoms with Gasteiger partial charge in [0.2, 0.25) is 0 Å². The van der Waals surface area contributed by atoms with E-state index in [2.05, 4.69) is 61.4 Å². The third-order valence-corrected chi connectivity index (χ3v) is 5.68. The SMILES string of the molecule is CCCCCCCCCCCCCCCCN(C)CCC=Cc1ccccc1.Cl. The molecule has 1 aromatic rings. The Kier molecular flexibility index (Phi) is 21.3. The topological polar surface area (TPSA) is 3.24 Å². The highest BCUT2D eigenvalue weighted by molar-refractivity contribution is 5.85. The van der Waals surface area contributed by atoms with Crippen molar-refractivity contribution in [2.75, 3.05) is 20.1 Å². The Bertz CT molecular complexity index is 457. The first-order chi connectivity index (χ1) is 13.8. The van der Waals surface area contributed by atoms with Crippen molar-refractivity contribution in [1.29, 1.82) is 0 Å². The molecule has 1 aromatic carbocycles. The van der Waals surface area contributed by atoms with Crippen LogP contribution in [0.1, 0.15) is 109 Å². The lowest BCUT2D eigenvalue weighted by atomic mass is 10.0. The van der Waals surface area contributed by atoms with Crippen LogP contribution in [0.2, 0.25) is 0 Å². The number of nitrogens with zero attached hydrogens (tertiary/aromatic N) is 1. The second-order valence-corrected chi connectivity index (χ2v) is 8.50. The van der Waals surface area contributed by atoms with Gasteiger partial charge in [-0.1, -0.05) is 133 Å². The van der Waals surface area contributed by atoms with Crippen LogP contribution < -0.4 is 0 Å². The molecule has 0 radical (unpaired) electrons. The molecular weight excluding hydrogens is 374 g/mol. The predicted octanol–water partition coefficient (Wildman–Crippen LogP) is 8.92. The average molecular weight is 422 g/mol. The molecule has 0 aromatic heterocycles. The maximum absolute atomic E-state index is 2.48. The van der Waals surface area contributed by atoms with Crippen LogP contribution >= 0.6 is 12.4 Å². The zero-order valence-corrected chi connectivity index (χ0v) is 20.2. The Morgan fingerprint density at radius 3 is 1.66 bits per heavy atom. The van der Waals surface area contributed by atoms with Gasteiger partial charge in [0, 0.05) is 6.54 Å². The molecule has 1 rings (SSSR count). The number of benzene rings is 1. The molecule has 0 bridgehead atoms. The third-order valence-electron chi connectivity index (χ3n) is 5.68. The van der Waals surface area contributed by atoms with Crippen molar-refractivity contribution in [2.24, 2.45) is 0 Å². The fourth-order valence-corrected chi connectivity index (χ4v) is 3.77. The van der Waals surface area contributed by atoms with E-state index in [-0.39, 0.29) is 12.4 Å². The van der Waals surface area contributed by atoms with E-state index in [0.717, 1.165) is 6.42 Å². The average Bonchev–Trinajstić information content (AvgIpc) is 2.72. The van der Waals surface area contributed by atoms with Crippen molar-refractivity contribution >= 4 is 18.5 Å². The summed E-state index contributed by atoms with van der Waals surface area (Å²) in [4.78, 5) is 2.48. The van der Waals surface area contributed by atoms with Gasteiger partial charge in [-0.25, -0.2) is 0 Å². The van der Waals surface area contributed by atoms with E-state index in [9.17, 15) is 0 Å². The molecule has 0 aliphatic heterocycles. The Hall–Kier alpha value is -0.790. The van der Waals surface area contributed by atoms with Gasteiger partial charge < -0.3 is 4.90 Å². The lowest BCUT2D eigenvalue weighted by molar-refractivity contribution is 0.329. The molecule has 0 unspecified atom stereocenters. The molecule has 0 N–H and O–H groups in total. The van der Waals surface area contributed by atoms with Crippen LogP contribution in [0.4, 0.5) is 0 Å². The molecular formula is C27H48ClN. The normalized spacial score (nSPS) is 11.3. The van der Waals surface area contributed by atoms with Crippen LogP contribution in [-0.4, -0.2) is 25.0 Å². The van der Waals surface area contributed by atoms with Crippen LogP contribution in [0.5, 0.6) is 0 Å². The van der Waals surface area contributed by atoms with E-state index < -0.39 is 0 Å². The van der Waals surface area contributed by atoms with Crippen molar-refractivity contribution in [1.82, 2.24) is 4.90 Å². The molecule has 0 atom stereocenters. The molecule has 29 heavy (non-hydrogen) atoms. The van der Waals surface area contributed by atoms with Crippen LogP contribution in [0.3, 0.4) is 0 Å². The number of hydrogen-bond acceptors (Lipinski definition) is 1. The van der Waals surface area contributed by atoms with E-state index in [1.165, 1.54) is 109 Å². The molecule has 168 valence electrons. The molecule has 0 fully saturated rings. The molecule has 0 heterocycles. The predicted molar refractivity (Wildman–Crippen MR) is 135 cm³/mol. The van der Waals surface area contributed by atoms with Crippen LogP contribution in [0, 0.1) is 0 Å². The van der Waals surface area contributed by atoms with Gasteiger partial charge in [0.15, 0.2) is 0 Å². The smallest absolute Gasteiger partial charge is 0.00130 e. The van der Waals surface area contributed by atoms with Gasteiger partial charge in [-0.3, -0.25) is 0 Å². The van der Waals surface area contributed by atoms with Crippen molar-refractivity contribution < 1.29 is 0 Å².